The van der Waals surface area contributed by atoms with Crippen molar-refractivity contribution in [2.75, 3.05) is 33.4 Å². The third kappa shape index (κ3) is 4.31. The lowest BCUT2D eigenvalue weighted by molar-refractivity contribution is 0.0512. The van der Waals surface area contributed by atoms with E-state index in [-0.39, 0.29) is 11.3 Å². The Hall–Kier alpha value is -1.39. The highest BCUT2D eigenvalue weighted by molar-refractivity contribution is 5.94. The molecule has 0 spiro atoms. The number of carbonyl (C=O) groups is 1. The van der Waals surface area contributed by atoms with Gasteiger partial charge in [0.2, 0.25) is 0 Å². The van der Waals surface area contributed by atoms with E-state index in [0.29, 0.717) is 19.1 Å². The first-order chi connectivity index (χ1) is 10.6. The lowest BCUT2D eigenvalue weighted by Crippen LogP contribution is -2.47. The van der Waals surface area contributed by atoms with Crippen molar-refractivity contribution in [2.24, 2.45) is 5.41 Å². The third-order valence-corrected chi connectivity index (χ3v) is 4.58. The molecule has 0 bridgehead atoms. The standard InChI is InChI=1S/C18H28N2O2/c1-14(2)15-4-6-16(7-5-15)17(21)20-12-18(13-22-3)8-10-19-11-9-18/h4-7,14,19H,8-13H2,1-3H3,(H,20,21). The van der Waals surface area contributed by atoms with Crippen molar-refractivity contribution in [1.82, 2.24) is 10.6 Å². The van der Waals surface area contributed by atoms with Crippen LogP contribution in [0.15, 0.2) is 24.3 Å². The number of nitrogens with one attached hydrogen (secondary N) is 2. The second-order valence-corrected chi connectivity index (χ2v) is 6.64. The van der Waals surface area contributed by atoms with Gasteiger partial charge in [0.1, 0.15) is 0 Å². The topological polar surface area (TPSA) is 50.4 Å². The number of carbonyl (C=O) groups excluding carboxylic acids is 1. The molecule has 1 fully saturated rings. The van der Waals surface area contributed by atoms with E-state index in [9.17, 15) is 4.79 Å². The molecule has 0 saturated carbocycles. The van der Waals surface area contributed by atoms with Crippen molar-refractivity contribution in [2.45, 2.75) is 32.6 Å². The predicted molar refractivity (Wildman–Crippen MR) is 89.3 cm³/mol. The van der Waals surface area contributed by atoms with Crippen molar-refractivity contribution < 1.29 is 9.53 Å². The average Bonchev–Trinajstić information content (AvgIpc) is 2.54. The Morgan fingerprint density at radius 1 is 1.27 bits per heavy atom. The molecule has 1 amide bonds. The second kappa shape index (κ2) is 7.75. The number of amides is 1. The number of ether oxygens (including phenoxy) is 1. The third-order valence-electron chi connectivity index (χ3n) is 4.58. The van der Waals surface area contributed by atoms with Crippen LogP contribution in [0, 0.1) is 5.41 Å². The van der Waals surface area contributed by atoms with Crippen molar-refractivity contribution in [3.05, 3.63) is 35.4 Å². The highest BCUT2D eigenvalue weighted by Gasteiger charge is 2.32. The first-order valence-electron chi connectivity index (χ1n) is 8.14. The van der Waals surface area contributed by atoms with Crippen LogP contribution in [-0.2, 0) is 4.74 Å². The number of hydrogen-bond donors (Lipinski definition) is 2. The van der Waals surface area contributed by atoms with E-state index >= 15 is 0 Å². The molecule has 2 rings (SSSR count). The minimum absolute atomic E-state index is 0.00400. The van der Waals surface area contributed by atoms with Crippen LogP contribution < -0.4 is 10.6 Å². The Kier molecular flexibility index (Phi) is 5.98. The van der Waals surface area contributed by atoms with E-state index < -0.39 is 0 Å². The highest BCUT2D eigenvalue weighted by Crippen LogP contribution is 2.28. The highest BCUT2D eigenvalue weighted by atomic mass is 16.5. The van der Waals surface area contributed by atoms with Crippen LogP contribution in [0.1, 0.15) is 48.5 Å². The summed E-state index contributed by atoms with van der Waals surface area (Å²) in [5.41, 5.74) is 2.05. The molecule has 1 saturated heterocycles. The number of hydrogen-bond acceptors (Lipinski definition) is 3. The van der Waals surface area contributed by atoms with Crippen LogP contribution in [-0.4, -0.2) is 39.3 Å². The first kappa shape index (κ1) is 17.0. The second-order valence-electron chi connectivity index (χ2n) is 6.64. The normalized spacial score (nSPS) is 17.5. The van der Waals surface area contributed by atoms with E-state index in [1.54, 1.807) is 7.11 Å². The zero-order valence-corrected chi connectivity index (χ0v) is 13.9. The van der Waals surface area contributed by atoms with Crippen LogP contribution in [0.3, 0.4) is 0 Å². The lowest BCUT2D eigenvalue weighted by Gasteiger charge is -2.37. The summed E-state index contributed by atoms with van der Waals surface area (Å²) in [6.45, 7) is 7.65. The lowest BCUT2D eigenvalue weighted by atomic mass is 9.79. The van der Waals surface area contributed by atoms with Gasteiger partial charge in [-0.3, -0.25) is 4.79 Å². The zero-order valence-electron chi connectivity index (χ0n) is 13.9. The number of piperidine rings is 1. The zero-order chi connectivity index (χ0) is 16.0. The van der Waals surface area contributed by atoms with Crippen LogP contribution in [0.4, 0.5) is 0 Å². The smallest absolute Gasteiger partial charge is 0.251 e. The molecule has 122 valence electrons. The molecule has 0 aliphatic carbocycles. The number of rotatable bonds is 6. The molecule has 0 aromatic heterocycles. The van der Waals surface area contributed by atoms with Crippen molar-refractivity contribution in [3.8, 4) is 0 Å². The molecular weight excluding hydrogens is 276 g/mol. The van der Waals surface area contributed by atoms with E-state index in [2.05, 4.69) is 24.5 Å². The SMILES string of the molecule is COCC1(CNC(=O)c2ccc(C(C)C)cc2)CCNCC1. The van der Waals surface area contributed by atoms with Gasteiger partial charge in [0.15, 0.2) is 0 Å². The maximum atomic E-state index is 12.3. The molecule has 0 atom stereocenters. The maximum absolute atomic E-state index is 12.3. The van der Waals surface area contributed by atoms with Crippen molar-refractivity contribution in [3.63, 3.8) is 0 Å². The molecule has 1 heterocycles. The summed E-state index contributed by atoms with van der Waals surface area (Å²) in [4.78, 5) is 12.3. The van der Waals surface area contributed by atoms with Gasteiger partial charge in [0, 0.05) is 24.6 Å². The molecule has 1 aliphatic heterocycles. The fraction of sp³-hybridized carbons (Fsp3) is 0.611. The Labute approximate surface area is 133 Å². The van der Waals surface area contributed by atoms with Crippen LogP contribution in [0.25, 0.3) is 0 Å². The van der Waals surface area contributed by atoms with Crippen LogP contribution in [0.5, 0.6) is 0 Å². The summed E-state index contributed by atoms with van der Waals surface area (Å²) in [6.07, 6.45) is 2.07. The van der Waals surface area contributed by atoms with Crippen molar-refractivity contribution >= 4 is 5.91 Å². The Morgan fingerprint density at radius 3 is 2.45 bits per heavy atom. The Balaban J connectivity index is 1.95. The minimum Gasteiger partial charge on any atom is -0.384 e. The Morgan fingerprint density at radius 2 is 1.91 bits per heavy atom. The molecule has 0 radical (unpaired) electrons. The van der Waals surface area contributed by atoms with Gasteiger partial charge in [-0.05, 0) is 49.5 Å². The molecule has 0 unspecified atom stereocenters. The average molecular weight is 304 g/mol. The molecule has 22 heavy (non-hydrogen) atoms. The summed E-state index contributed by atoms with van der Waals surface area (Å²) < 4.78 is 5.39. The van der Waals surface area contributed by atoms with Gasteiger partial charge in [-0.1, -0.05) is 26.0 Å². The van der Waals surface area contributed by atoms with Crippen molar-refractivity contribution in [1.29, 1.82) is 0 Å². The van der Waals surface area contributed by atoms with Gasteiger partial charge in [0.05, 0.1) is 6.61 Å². The van der Waals surface area contributed by atoms with Crippen LogP contribution in [0.2, 0.25) is 0 Å². The summed E-state index contributed by atoms with van der Waals surface area (Å²) in [7, 11) is 1.73. The summed E-state index contributed by atoms with van der Waals surface area (Å²) in [6, 6.07) is 7.90. The minimum atomic E-state index is 0.00400. The van der Waals surface area contributed by atoms with E-state index in [1.165, 1.54) is 5.56 Å². The summed E-state index contributed by atoms with van der Waals surface area (Å²) in [5, 5.41) is 6.46. The fourth-order valence-electron chi connectivity index (χ4n) is 3.02. The fourth-order valence-corrected chi connectivity index (χ4v) is 3.02. The van der Waals surface area contributed by atoms with Gasteiger partial charge in [0.25, 0.3) is 5.91 Å². The molecule has 1 aliphatic rings. The largest absolute Gasteiger partial charge is 0.384 e. The molecular formula is C18H28N2O2. The van der Waals surface area contributed by atoms with Crippen LogP contribution >= 0.6 is 0 Å². The van der Waals surface area contributed by atoms with E-state index in [1.807, 2.05) is 24.3 Å². The van der Waals surface area contributed by atoms with Gasteiger partial charge < -0.3 is 15.4 Å². The van der Waals surface area contributed by atoms with Gasteiger partial charge >= 0.3 is 0 Å². The first-order valence-corrected chi connectivity index (χ1v) is 8.14. The monoisotopic (exact) mass is 304 g/mol. The van der Waals surface area contributed by atoms with Gasteiger partial charge in [-0.15, -0.1) is 0 Å². The Bertz CT molecular complexity index is 471. The molecule has 1 aromatic carbocycles. The summed E-state index contributed by atoms with van der Waals surface area (Å²) >= 11 is 0. The van der Waals surface area contributed by atoms with E-state index in [4.69, 9.17) is 4.74 Å². The number of benzene rings is 1. The number of methoxy groups -OCH3 is 1. The molecule has 1 aromatic rings. The molecule has 4 heteroatoms. The van der Waals surface area contributed by atoms with Gasteiger partial charge in [-0.2, -0.15) is 0 Å². The molecule has 4 nitrogen and oxygen atoms in total. The summed E-state index contributed by atoms with van der Waals surface area (Å²) in [5.74, 6) is 0.487. The van der Waals surface area contributed by atoms with E-state index in [0.717, 1.165) is 31.5 Å². The maximum Gasteiger partial charge on any atom is 0.251 e. The molecule has 2 N–H and O–H groups in total. The van der Waals surface area contributed by atoms with Gasteiger partial charge in [-0.25, -0.2) is 0 Å². The quantitative estimate of drug-likeness (QED) is 0.849. The predicted octanol–water partition coefficient (Wildman–Crippen LogP) is 2.56.